The van der Waals surface area contributed by atoms with Gasteiger partial charge < -0.3 is 10.1 Å². The molecule has 0 saturated heterocycles. The first-order valence-corrected chi connectivity index (χ1v) is 15.4. The molecule has 0 bridgehead atoms. The van der Waals surface area contributed by atoms with Crippen LogP contribution in [0.4, 0.5) is 0 Å². The summed E-state index contributed by atoms with van der Waals surface area (Å²) in [5.41, 5.74) is 0. The van der Waals surface area contributed by atoms with Gasteiger partial charge in [0.1, 0.15) is 0 Å². The van der Waals surface area contributed by atoms with Crippen molar-refractivity contribution in [3.63, 3.8) is 0 Å². The average Bonchev–Trinajstić information content (AvgIpc) is 2.84. The van der Waals surface area contributed by atoms with Crippen LogP contribution in [0.1, 0.15) is 179 Å². The van der Waals surface area contributed by atoms with Crippen molar-refractivity contribution < 1.29 is 9.53 Å². The van der Waals surface area contributed by atoms with Crippen LogP contribution in [0.15, 0.2) is 0 Å². The molecule has 34 heavy (non-hydrogen) atoms. The third kappa shape index (κ3) is 85.7. The lowest BCUT2D eigenvalue weighted by Crippen LogP contribution is -2.07. The standard InChI is InChI=1S/C18H37NO2.3C3H8.2C2H6/c1-3-4-5-6-7-11-14-17-21-18(20)15-12-9-8-10-13-16-19-2;3*1-3-2;2*1-2/h19H,3-17H2,1-2H3;3*3H2,1-2H3;2*1-2H3. The van der Waals surface area contributed by atoms with Crippen molar-refractivity contribution in [2.24, 2.45) is 0 Å². The van der Waals surface area contributed by atoms with Crippen LogP contribution >= 0.6 is 0 Å². The maximum atomic E-state index is 11.5. The number of carbonyl (C=O) groups excluding carboxylic acids is 1. The van der Waals surface area contributed by atoms with E-state index in [1.807, 2.05) is 34.7 Å². The summed E-state index contributed by atoms with van der Waals surface area (Å²) in [4.78, 5) is 11.5. The SMILES string of the molecule is CC.CC.CCC.CCC.CCC.CCCCCCCCCOC(=O)CCCCCCCNC. The van der Waals surface area contributed by atoms with E-state index in [1.165, 1.54) is 77.0 Å². The Morgan fingerprint density at radius 3 is 1.32 bits per heavy atom. The van der Waals surface area contributed by atoms with Crippen molar-refractivity contribution in [2.45, 2.75) is 179 Å². The molecule has 214 valence electrons. The van der Waals surface area contributed by atoms with Crippen LogP contribution in [0.2, 0.25) is 0 Å². The number of esters is 1. The molecule has 0 saturated carbocycles. The van der Waals surface area contributed by atoms with Crippen molar-refractivity contribution in [3.05, 3.63) is 0 Å². The van der Waals surface area contributed by atoms with Gasteiger partial charge in [-0.2, -0.15) is 0 Å². The first-order valence-electron chi connectivity index (χ1n) is 15.4. The highest BCUT2D eigenvalue weighted by Crippen LogP contribution is 2.08. The molecule has 1 N–H and O–H groups in total. The molecular weight excluding hydrogens is 418 g/mol. The lowest BCUT2D eigenvalue weighted by atomic mass is 10.1. The summed E-state index contributed by atoms with van der Waals surface area (Å²) in [5, 5.41) is 3.15. The van der Waals surface area contributed by atoms with E-state index in [-0.39, 0.29) is 5.97 Å². The number of unbranched alkanes of at least 4 members (excludes halogenated alkanes) is 10. The van der Waals surface area contributed by atoms with E-state index < -0.39 is 0 Å². The molecule has 0 atom stereocenters. The smallest absolute Gasteiger partial charge is 0.305 e. The van der Waals surface area contributed by atoms with Crippen LogP contribution in [-0.2, 0) is 9.53 Å². The summed E-state index contributed by atoms with van der Waals surface area (Å²) in [6, 6.07) is 0. The number of nitrogens with one attached hydrogen (secondary N) is 1. The van der Waals surface area contributed by atoms with Crippen LogP contribution in [-0.4, -0.2) is 26.2 Å². The zero-order chi connectivity index (χ0) is 27.7. The third-order valence-corrected chi connectivity index (χ3v) is 3.82. The average molecular weight is 492 g/mol. The maximum absolute atomic E-state index is 11.5. The number of rotatable bonds is 16. The highest BCUT2D eigenvalue weighted by atomic mass is 16.5. The normalized spacial score (nSPS) is 8.59. The maximum Gasteiger partial charge on any atom is 0.305 e. The minimum Gasteiger partial charge on any atom is -0.466 e. The minimum atomic E-state index is -0.00351. The number of carbonyl (C=O) groups is 1. The number of ether oxygens (including phenoxy) is 1. The van der Waals surface area contributed by atoms with Crippen molar-refractivity contribution in [3.8, 4) is 0 Å². The molecule has 0 aromatic rings. The fraction of sp³-hybridized carbons (Fsp3) is 0.968. The molecule has 0 rings (SSSR count). The Labute approximate surface area is 220 Å². The minimum absolute atomic E-state index is 0.00351. The van der Waals surface area contributed by atoms with Gasteiger partial charge in [-0.25, -0.2) is 0 Å². The molecule has 0 spiro atoms. The second kappa shape index (κ2) is 63.7. The van der Waals surface area contributed by atoms with Gasteiger partial charge in [0.25, 0.3) is 0 Å². The number of hydrogen-bond donors (Lipinski definition) is 1. The van der Waals surface area contributed by atoms with E-state index in [2.05, 4.69) is 53.8 Å². The summed E-state index contributed by atoms with van der Waals surface area (Å²) >= 11 is 0. The van der Waals surface area contributed by atoms with Gasteiger partial charge in [0, 0.05) is 6.42 Å². The predicted molar refractivity (Wildman–Crippen MR) is 161 cm³/mol. The first-order chi connectivity index (χ1) is 16.6. The Bertz CT molecular complexity index is 253. The topological polar surface area (TPSA) is 38.3 Å². The number of hydrogen-bond acceptors (Lipinski definition) is 3. The Morgan fingerprint density at radius 1 is 0.559 bits per heavy atom. The van der Waals surface area contributed by atoms with Gasteiger partial charge in [0.05, 0.1) is 6.61 Å². The Morgan fingerprint density at radius 2 is 0.912 bits per heavy atom. The van der Waals surface area contributed by atoms with E-state index in [1.54, 1.807) is 0 Å². The van der Waals surface area contributed by atoms with Gasteiger partial charge in [-0.3, -0.25) is 4.79 Å². The van der Waals surface area contributed by atoms with Crippen LogP contribution in [0.25, 0.3) is 0 Å². The van der Waals surface area contributed by atoms with Crippen molar-refractivity contribution in [2.75, 3.05) is 20.2 Å². The largest absolute Gasteiger partial charge is 0.466 e. The fourth-order valence-electron chi connectivity index (χ4n) is 2.42. The summed E-state index contributed by atoms with van der Waals surface area (Å²) in [7, 11) is 1.99. The van der Waals surface area contributed by atoms with E-state index in [0.717, 1.165) is 25.8 Å². The first kappa shape index (κ1) is 46.7. The molecule has 0 amide bonds. The zero-order valence-electron chi connectivity index (χ0n) is 26.5. The second-order valence-corrected chi connectivity index (χ2v) is 8.08. The van der Waals surface area contributed by atoms with Gasteiger partial charge >= 0.3 is 5.97 Å². The fourth-order valence-corrected chi connectivity index (χ4v) is 2.42. The van der Waals surface area contributed by atoms with Crippen LogP contribution < -0.4 is 5.32 Å². The predicted octanol–water partition coefficient (Wildman–Crippen LogP) is 11.1. The van der Waals surface area contributed by atoms with Crippen molar-refractivity contribution in [1.82, 2.24) is 5.32 Å². The Hall–Kier alpha value is -0.570. The molecule has 0 aliphatic heterocycles. The lowest BCUT2D eigenvalue weighted by molar-refractivity contribution is -0.143. The summed E-state index contributed by atoms with van der Waals surface area (Å²) in [6.07, 6.45) is 19.0. The summed E-state index contributed by atoms with van der Waals surface area (Å²) < 4.78 is 5.27. The molecule has 0 aromatic heterocycles. The quantitative estimate of drug-likeness (QED) is 0.172. The van der Waals surface area contributed by atoms with Crippen molar-refractivity contribution >= 4 is 5.97 Å². The monoisotopic (exact) mass is 492 g/mol. The molecule has 0 fully saturated rings. The second-order valence-electron chi connectivity index (χ2n) is 8.08. The van der Waals surface area contributed by atoms with E-state index in [9.17, 15) is 4.79 Å². The van der Waals surface area contributed by atoms with Gasteiger partial charge in [-0.05, 0) is 32.9 Å². The molecule has 0 aliphatic rings. The Balaban J connectivity index is -0.000000126. The van der Waals surface area contributed by atoms with Gasteiger partial charge in [0.2, 0.25) is 0 Å². The molecule has 0 radical (unpaired) electrons. The lowest BCUT2D eigenvalue weighted by Gasteiger charge is -2.05. The molecule has 3 nitrogen and oxygen atoms in total. The molecule has 3 heteroatoms. The highest BCUT2D eigenvalue weighted by Gasteiger charge is 2.02. The molecule has 0 heterocycles. The molecular formula is C31H73NO2. The highest BCUT2D eigenvalue weighted by molar-refractivity contribution is 5.69. The van der Waals surface area contributed by atoms with Crippen LogP contribution in [0, 0.1) is 0 Å². The van der Waals surface area contributed by atoms with Gasteiger partial charge in [-0.15, -0.1) is 0 Å². The molecule has 0 aliphatic carbocycles. The molecule has 0 unspecified atom stereocenters. The van der Waals surface area contributed by atoms with E-state index in [4.69, 9.17) is 4.74 Å². The summed E-state index contributed by atoms with van der Waals surface area (Å²) in [6.45, 7) is 24.7. The van der Waals surface area contributed by atoms with Crippen LogP contribution in [0.3, 0.4) is 0 Å². The van der Waals surface area contributed by atoms with Crippen molar-refractivity contribution in [1.29, 1.82) is 0 Å². The van der Waals surface area contributed by atoms with Crippen LogP contribution in [0.5, 0.6) is 0 Å². The third-order valence-electron chi connectivity index (χ3n) is 3.82. The van der Waals surface area contributed by atoms with E-state index in [0.29, 0.717) is 13.0 Å². The van der Waals surface area contributed by atoms with E-state index >= 15 is 0 Å². The Kier molecular flexibility index (Phi) is 87.5. The van der Waals surface area contributed by atoms with Gasteiger partial charge in [0.15, 0.2) is 0 Å². The molecule has 0 aromatic carbocycles. The zero-order valence-corrected chi connectivity index (χ0v) is 26.5. The van der Waals surface area contributed by atoms with Gasteiger partial charge in [-0.1, -0.05) is 153 Å². The summed E-state index contributed by atoms with van der Waals surface area (Å²) in [5.74, 6) is -0.00351.